The highest BCUT2D eigenvalue weighted by molar-refractivity contribution is 4.91. The van der Waals surface area contributed by atoms with Crippen LogP contribution in [-0.4, -0.2) is 24.9 Å². The van der Waals surface area contributed by atoms with Crippen LogP contribution in [0, 0.1) is 5.92 Å². The molecule has 0 aromatic carbocycles. The molecule has 33 heavy (non-hydrogen) atoms. The molecule has 2 fully saturated rings. The molecule has 0 radical (unpaired) electrons. The van der Waals surface area contributed by atoms with Crippen molar-refractivity contribution in [3.8, 4) is 0 Å². The minimum atomic E-state index is 0.515. The van der Waals surface area contributed by atoms with Crippen molar-refractivity contribution in [1.29, 1.82) is 0 Å². The van der Waals surface area contributed by atoms with Gasteiger partial charge in [0.15, 0.2) is 0 Å². The van der Waals surface area contributed by atoms with Gasteiger partial charge in [-0.3, -0.25) is 0 Å². The molecule has 0 aromatic rings. The molecule has 1 heterocycles. The van der Waals surface area contributed by atoms with Gasteiger partial charge in [0.25, 0.3) is 0 Å². The largest absolute Gasteiger partial charge is 0.378 e. The van der Waals surface area contributed by atoms with Crippen LogP contribution in [0.5, 0.6) is 0 Å². The fourth-order valence-electron chi connectivity index (χ4n) is 5.83. The first-order valence-electron chi connectivity index (χ1n) is 15.6. The second kappa shape index (κ2) is 20.1. The Bertz CT molecular complexity index is 423. The maximum Gasteiger partial charge on any atom is 0.0844 e. The molecule has 2 aliphatic rings. The Kier molecular flexibility index (Phi) is 17.8. The van der Waals surface area contributed by atoms with Crippen molar-refractivity contribution in [2.75, 3.05) is 6.61 Å². The van der Waals surface area contributed by atoms with E-state index in [0.717, 1.165) is 12.5 Å². The van der Waals surface area contributed by atoms with E-state index < -0.39 is 0 Å². The Balaban J connectivity index is 1.48. The number of hydrogen-bond acceptors (Lipinski definition) is 2. The zero-order chi connectivity index (χ0) is 23.4. The summed E-state index contributed by atoms with van der Waals surface area (Å²) >= 11 is 0. The highest BCUT2D eigenvalue weighted by atomic mass is 16.6. The Morgan fingerprint density at radius 3 is 1.73 bits per heavy atom. The quantitative estimate of drug-likeness (QED) is 0.105. The van der Waals surface area contributed by atoms with Gasteiger partial charge in [-0.25, -0.2) is 0 Å². The molecule has 0 spiro atoms. The summed E-state index contributed by atoms with van der Waals surface area (Å²) in [5, 5.41) is 0. The van der Waals surface area contributed by atoms with E-state index in [2.05, 4.69) is 13.8 Å². The van der Waals surface area contributed by atoms with Gasteiger partial charge in [0, 0.05) is 6.61 Å². The van der Waals surface area contributed by atoms with Crippen LogP contribution in [0.3, 0.4) is 0 Å². The second-order valence-electron chi connectivity index (χ2n) is 11.4. The Hall–Kier alpha value is -0.0800. The van der Waals surface area contributed by atoms with Crippen LogP contribution in [0.2, 0.25) is 0 Å². The minimum absolute atomic E-state index is 0.515. The Morgan fingerprint density at radius 1 is 0.606 bits per heavy atom. The summed E-state index contributed by atoms with van der Waals surface area (Å²) in [5.41, 5.74) is 0. The van der Waals surface area contributed by atoms with Crippen LogP contribution in [0.1, 0.15) is 168 Å². The van der Waals surface area contributed by atoms with Gasteiger partial charge in [-0.05, 0) is 50.9 Å². The highest BCUT2D eigenvalue weighted by Crippen LogP contribution is 2.41. The van der Waals surface area contributed by atoms with Crippen LogP contribution in [0.15, 0.2) is 0 Å². The lowest BCUT2D eigenvalue weighted by Crippen LogP contribution is -2.19. The summed E-state index contributed by atoms with van der Waals surface area (Å²) in [7, 11) is 0. The lowest BCUT2D eigenvalue weighted by Gasteiger charge is -2.23. The van der Waals surface area contributed by atoms with Gasteiger partial charge >= 0.3 is 0 Å². The van der Waals surface area contributed by atoms with Gasteiger partial charge < -0.3 is 9.47 Å². The molecule has 2 nitrogen and oxygen atoms in total. The van der Waals surface area contributed by atoms with Gasteiger partial charge in [-0.2, -0.15) is 0 Å². The number of hydrogen-bond donors (Lipinski definition) is 0. The van der Waals surface area contributed by atoms with E-state index in [4.69, 9.17) is 9.47 Å². The third-order valence-electron chi connectivity index (χ3n) is 8.24. The number of ether oxygens (including phenoxy) is 2. The first-order valence-corrected chi connectivity index (χ1v) is 15.6. The van der Waals surface area contributed by atoms with Crippen molar-refractivity contribution in [2.45, 2.75) is 186 Å². The maximum absolute atomic E-state index is 6.47. The van der Waals surface area contributed by atoms with Crippen molar-refractivity contribution >= 4 is 0 Å². The molecule has 2 heteroatoms. The van der Waals surface area contributed by atoms with Crippen molar-refractivity contribution in [3.63, 3.8) is 0 Å². The summed E-state index contributed by atoms with van der Waals surface area (Å²) in [6.07, 6.45) is 35.1. The number of epoxide rings is 1. The molecule has 0 aromatic heterocycles. The summed E-state index contributed by atoms with van der Waals surface area (Å²) in [4.78, 5) is 0. The zero-order valence-corrected chi connectivity index (χ0v) is 22.8. The fourth-order valence-corrected chi connectivity index (χ4v) is 5.83. The van der Waals surface area contributed by atoms with Gasteiger partial charge in [-0.15, -0.1) is 0 Å². The summed E-state index contributed by atoms with van der Waals surface area (Å²) in [6.45, 7) is 5.60. The van der Waals surface area contributed by atoms with E-state index in [1.165, 1.54) is 154 Å². The standard InChI is InChI=1S/C31H60O2/c1-3-5-7-9-11-12-13-14-16-18-20-26-32-29(21-19-17-15-10-8-6-4-2)24-22-28-23-25-30-31(27-28)33-30/h28-31H,3-27H2,1-2H3. The fraction of sp³-hybridized carbons (Fsp3) is 1.00. The molecule has 1 aliphatic carbocycles. The van der Waals surface area contributed by atoms with E-state index in [1.54, 1.807) is 0 Å². The molecule has 196 valence electrons. The lowest BCUT2D eigenvalue weighted by atomic mass is 9.85. The Morgan fingerprint density at radius 2 is 1.15 bits per heavy atom. The molecule has 0 amide bonds. The van der Waals surface area contributed by atoms with Crippen molar-refractivity contribution < 1.29 is 9.47 Å². The van der Waals surface area contributed by atoms with Crippen molar-refractivity contribution in [2.24, 2.45) is 5.92 Å². The lowest BCUT2D eigenvalue weighted by molar-refractivity contribution is 0.0323. The van der Waals surface area contributed by atoms with Crippen molar-refractivity contribution in [1.82, 2.24) is 0 Å². The van der Waals surface area contributed by atoms with Gasteiger partial charge in [0.2, 0.25) is 0 Å². The highest BCUT2D eigenvalue weighted by Gasteiger charge is 2.43. The normalized spacial score (nSPS) is 22.9. The molecule has 2 rings (SSSR count). The first kappa shape index (κ1) is 29.2. The third-order valence-corrected chi connectivity index (χ3v) is 8.24. The average molecular weight is 465 g/mol. The zero-order valence-electron chi connectivity index (χ0n) is 22.8. The monoisotopic (exact) mass is 464 g/mol. The van der Waals surface area contributed by atoms with E-state index in [9.17, 15) is 0 Å². The van der Waals surface area contributed by atoms with Gasteiger partial charge in [0.1, 0.15) is 0 Å². The smallest absolute Gasteiger partial charge is 0.0844 e. The van der Waals surface area contributed by atoms with Crippen LogP contribution >= 0.6 is 0 Å². The molecular weight excluding hydrogens is 404 g/mol. The van der Waals surface area contributed by atoms with Crippen molar-refractivity contribution in [3.05, 3.63) is 0 Å². The number of rotatable bonds is 24. The molecule has 1 saturated heterocycles. The minimum Gasteiger partial charge on any atom is -0.378 e. The van der Waals surface area contributed by atoms with Crippen LogP contribution in [0.4, 0.5) is 0 Å². The van der Waals surface area contributed by atoms with E-state index in [1.807, 2.05) is 0 Å². The number of fused-ring (bicyclic) bond motifs is 1. The predicted molar refractivity (Wildman–Crippen MR) is 144 cm³/mol. The molecule has 0 bridgehead atoms. The van der Waals surface area contributed by atoms with Crippen LogP contribution in [0.25, 0.3) is 0 Å². The molecule has 1 saturated carbocycles. The maximum atomic E-state index is 6.47. The topological polar surface area (TPSA) is 21.8 Å². The predicted octanol–water partition coefficient (Wildman–Crippen LogP) is 10.2. The summed E-state index contributed by atoms with van der Waals surface area (Å²) < 4.78 is 12.2. The van der Waals surface area contributed by atoms with E-state index >= 15 is 0 Å². The third kappa shape index (κ3) is 15.5. The molecule has 4 atom stereocenters. The summed E-state index contributed by atoms with van der Waals surface area (Å²) in [5.74, 6) is 0.899. The molecule has 4 unspecified atom stereocenters. The van der Waals surface area contributed by atoms with E-state index in [-0.39, 0.29) is 0 Å². The Labute approximate surface area is 208 Å². The SMILES string of the molecule is CCCCCCCCCCCCCOC(CCCCCCCCC)CCC1CCC2OC2C1. The van der Waals surface area contributed by atoms with E-state index in [0.29, 0.717) is 18.3 Å². The molecule has 0 N–H and O–H groups in total. The average Bonchev–Trinajstić information content (AvgIpc) is 3.61. The van der Waals surface area contributed by atoms with Crippen LogP contribution in [-0.2, 0) is 9.47 Å². The van der Waals surface area contributed by atoms with Crippen LogP contribution < -0.4 is 0 Å². The second-order valence-corrected chi connectivity index (χ2v) is 11.4. The van der Waals surface area contributed by atoms with Gasteiger partial charge in [0.05, 0.1) is 18.3 Å². The molecular formula is C31H60O2. The summed E-state index contributed by atoms with van der Waals surface area (Å²) in [6, 6.07) is 0. The van der Waals surface area contributed by atoms with Gasteiger partial charge in [-0.1, -0.05) is 123 Å². The first-order chi connectivity index (χ1) is 16.3. The number of unbranched alkanes of at least 4 members (excludes halogenated alkanes) is 16. The molecule has 1 aliphatic heterocycles.